The van der Waals surface area contributed by atoms with E-state index < -0.39 is 0 Å². The normalized spacial score (nSPS) is 20.1. The van der Waals surface area contributed by atoms with Crippen LogP contribution in [-0.4, -0.2) is 68.2 Å². The predicted molar refractivity (Wildman–Crippen MR) is 98.5 cm³/mol. The van der Waals surface area contributed by atoms with E-state index in [-0.39, 0.29) is 12.0 Å². The lowest BCUT2D eigenvalue weighted by Gasteiger charge is -2.34. The number of ether oxygens (including phenoxy) is 1. The molecule has 2 heterocycles. The number of likely N-dealkylation sites (tertiary alicyclic amines) is 2. The zero-order chi connectivity index (χ0) is 17.9. The second-order valence-corrected chi connectivity index (χ2v) is 7.41. The van der Waals surface area contributed by atoms with Crippen LogP contribution in [0.4, 0.5) is 4.79 Å². The van der Waals surface area contributed by atoms with Gasteiger partial charge in [-0.05, 0) is 57.5 Å². The molecule has 0 radical (unpaired) electrons. The number of carbonyl (C=O) groups excluding carboxylic acids is 2. The van der Waals surface area contributed by atoms with Crippen LogP contribution in [-0.2, 0) is 9.53 Å². The first-order valence-corrected chi connectivity index (χ1v) is 10.0. The van der Waals surface area contributed by atoms with Gasteiger partial charge in [0.15, 0.2) is 0 Å². The number of carbonyl (C=O) groups is 2. The van der Waals surface area contributed by atoms with Crippen molar-refractivity contribution in [3.8, 4) is 0 Å². The van der Waals surface area contributed by atoms with Gasteiger partial charge in [0.2, 0.25) is 0 Å². The number of unbranched alkanes of at least 4 members (excludes halogenated alkanes) is 1. The fraction of sp³-hybridized carbons (Fsp3) is 0.895. The number of piperidine rings is 1. The van der Waals surface area contributed by atoms with Crippen LogP contribution >= 0.6 is 0 Å². The zero-order valence-corrected chi connectivity index (χ0v) is 15.8. The molecule has 25 heavy (non-hydrogen) atoms. The summed E-state index contributed by atoms with van der Waals surface area (Å²) < 4.78 is 4.61. The summed E-state index contributed by atoms with van der Waals surface area (Å²) in [7, 11) is 1.40. The Labute approximate surface area is 152 Å². The van der Waals surface area contributed by atoms with E-state index in [4.69, 9.17) is 0 Å². The van der Waals surface area contributed by atoms with E-state index in [0.717, 1.165) is 44.7 Å². The van der Waals surface area contributed by atoms with Crippen molar-refractivity contribution in [3.05, 3.63) is 0 Å². The third-order valence-electron chi connectivity index (χ3n) is 5.43. The van der Waals surface area contributed by atoms with Crippen LogP contribution in [0.3, 0.4) is 0 Å². The van der Waals surface area contributed by atoms with E-state index in [9.17, 15) is 9.59 Å². The second kappa shape index (κ2) is 11.3. The first-order chi connectivity index (χ1) is 12.2. The van der Waals surface area contributed by atoms with Gasteiger partial charge in [-0.25, -0.2) is 4.79 Å². The van der Waals surface area contributed by atoms with Crippen molar-refractivity contribution in [2.75, 3.05) is 46.4 Å². The lowest BCUT2D eigenvalue weighted by atomic mass is 9.96. The average Bonchev–Trinajstić information content (AvgIpc) is 2.90. The Bertz CT molecular complexity index is 401. The number of hydrogen-bond acceptors (Lipinski definition) is 4. The molecule has 2 aliphatic heterocycles. The van der Waals surface area contributed by atoms with Gasteiger partial charge in [-0.15, -0.1) is 0 Å². The number of hydrogen-bond donors (Lipinski definition) is 1. The highest BCUT2D eigenvalue weighted by Crippen LogP contribution is 2.20. The van der Waals surface area contributed by atoms with Gasteiger partial charge in [-0.3, -0.25) is 4.79 Å². The Kier molecular flexibility index (Phi) is 9.08. The van der Waals surface area contributed by atoms with Gasteiger partial charge in [0, 0.05) is 32.6 Å². The number of nitrogens with one attached hydrogen (secondary N) is 1. The molecule has 2 amide bonds. The standard InChI is InChI=1S/C19H35N3O3/c1-25-18(23)8-4-5-11-20-19(24)22-14-9-17(10-15-22)16-21-12-6-2-3-7-13-21/h17H,2-16H2,1H3,(H,20,24). The number of urea groups is 1. The highest BCUT2D eigenvalue weighted by atomic mass is 16.5. The quantitative estimate of drug-likeness (QED) is 0.564. The molecule has 0 aromatic carbocycles. The highest BCUT2D eigenvalue weighted by molar-refractivity contribution is 5.74. The summed E-state index contributed by atoms with van der Waals surface area (Å²) in [5.41, 5.74) is 0. The highest BCUT2D eigenvalue weighted by Gasteiger charge is 2.24. The van der Waals surface area contributed by atoms with Crippen molar-refractivity contribution in [2.45, 2.75) is 57.8 Å². The summed E-state index contributed by atoms with van der Waals surface area (Å²) in [6, 6.07) is 0.0475. The van der Waals surface area contributed by atoms with Crippen molar-refractivity contribution in [3.63, 3.8) is 0 Å². The molecule has 0 aromatic rings. The molecule has 0 aromatic heterocycles. The molecule has 1 N–H and O–H groups in total. The number of methoxy groups -OCH3 is 1. The van der Waals surface area contributed by atoms with Gasteiger partial charge in [-0.1, -0.05) is 12.8 Å². The van der Waals surface area contributed by atoms with E-state index in [1.54, 1.807) is 0 Å². The fourth-order valence-electron chi connectivity index (χ4n) is 3.81. The molecule has 6 nitrogen and oxygen atoms in total. The topological polar surface area (TPSA) is 61.9 Å². The van der Waals surface area contributed by atoms with Gasteiger partial charge < -0.3 is 19.9 Å². The average molecular weight is 354 g/mol. The third kappa shape index (κ3) is 7.63. The number of esters is 1. The molecule has 0 bridgehead atoms. The minimum absolute atomic E-state index is 0.0475. The monoisotopic (exact) mass is 353 g/mol. The summed E-state index contributed by atoms with van der Waals surface area (Å²) in [6.45, 7) is 6.09. The summed E-state index contributed by atoms with van der Waals surface area (Å²) in [5, 5.41) is 2.97. The first-order valence-electron chi connectivity index (χ1n) is 10.0. The van der Waals surface area contributed by atoms with E-state index in [0.29, 0.717) is 13.0 Å². The Hall–Kier alpha value is -1.30. The summed E-state index contributed by atoms with van der Waals surface area (Å²) in [6.07, 6.45) is 9.68. The van der Waals surface area contributed by atoms with Gasteiger partial charge in [0.25, 0.3) is 0 Å². The summed E-state index contributed by atoms with van der Waals surface area (Å²) in [5.74, 6) is 0.556. The van der Waals surface area contributed by atoms with Gasteiger partial charge in [0.05, 0.1) is 7.11 Å². The van der Waals surface area contributed by atoms with Crippen molar-refractivity contribution < 1.29 is 14.3 Å². The molecule has 2 saturated heterocycles. The molecular formula is C19H35N3O3. The Morgan fingerprint density at radius 3 is 2.32 bits per heavy atom. The van der Waals surface area contributed by atoms with Crippen LogP contribution in [0.1, 0.15) is 57.8 Å². The third-order valence-corrected chi connectivity index (χ3v) is 5.43. The van der Waals surface area contributed by atoms with Crippen LogP contribution < -0.4 is 5.32 Å². The second-order valence-electron chi connectivity index (χ2n) is 7.41. The molecule has 0 saturated carbocycles. The zero-order valence-electron chi connectivity index (χ0n) is 15.8. The lowest BCUT2D eigenvalue weighted by Crippen LogP contribution is -2.46. The van der Waals surface area contributed by atoms with Crippen LogP contribution in [0, 0.1) is 5.92 Å². The molecule has 6 heteroatoms. The molecule has 2 aliphatic rings. The minimum atomic E-state index is -0.183. The van der Waals surface area contributed by atoms with Crippen molar-refractivity contribution >= 4 is 12.0 Å². The molecule has 2 rings (SSSR count). The Morgan fingerprint density at radius 1 is 1.00 bits per heavy atom. The summed E-state index contributed by atoms with van der Waals surface area (Å²) >= 11 is 0. The summed E-state index contributed by atoms with van der Waals surface area (Å²) in [4.78, 5) is 27.8. The Balaban J connectivity index is 1.56. The molecule has 0 unspecified atom stereocenters. The molecule has 0 aliphatic carbocycles. The van der Waals surface area contributed by atoms with Gasteiger partial charge in [0.1, 0.15) is 0 Å². The maximum Gasteiger partial charge on any atom is 0.317 e. The molecule has 0 spiro atoms. The molecule has 0 atom stereocenters. The smallest absolute Gasteiger partial charge is 0.317 e. The van der Waals surface area contributed by atoms with Crippen LogP contribution in [0.5, 0.6) is 0 Å². The number of rotatable bonds is 7. The maximum atomic E-state index is 12.2. The van der Waals surface area contributed by atoms with E-state index in [2.05, 4.69) is 15.0 Å². The van der Waals surface area contributed by atoms with Crippen LogP contribution in [0.25, 0.3) is 0 Å². The minimum Gasteiger partial charge on any atom is -0.469 e. The van der Waals surface area contributed by atoms with E-state index in [1.165, 1.54) is 52.4 Å². The maximum absolute atomic E-state index is 12.2. The van der Waals surface area contributed by atoms with Crippen molar-refractivity contribution in [1.29, 1.82) is 0 Å². The number of nitrogens with zero attached hydrogens (tertiary/aromatic N) is 2. The van der Waals surface area contributed by atoms with Crippen LogP contribution in [0.15, 0.2) is 0 Å². The van der Waals surface area contributed by atoms with Gasteiger partial charge in [-0.2, -0.15) is 0 Å². The molecular weight excluding hydrogens is 318 g/mol. The van der Waals surface area contributed by atoms with Crippen LogP contribution in [0.2, 0.25) is 0 Å². The molecule has 2 fully saturated rings. The molecule has 144 valence electrons. The van der Waals surface area contributed by atoms with Crippen molar-refractivity contribution in [2.24, 2.45) is 5.92 Å². The predicted octanol–water partition coefficient (Wildman–Crippen LogP) is 2.63. The van der Waals surface area contributed by atoms with Gasteiger partial charge >= 0.3 is 12.0 Å². The van der Waals surface area contributed by atoms with E-state index in [1.807, 2.05) is 4.90 Å². The fourth-order valence-corrected chi connectivity index (χ4v) is 3.81. The Morgan fingerprint density at radius 2 is 1.68 bits per heavy atom. The van der Waals surface area contributed by atoms with Crippen molar-refractivity contribution in [1.82, 2.24) is 15.1 Å². The lowest BCUT2D eigenvalue weighted by molar-refractivity contribution is -0.140. The van der Waals surface area contributed by atoms with E-state index >= 15 is 0 Å². The first kappa shape index (κ1) is 20.0. The largest absolute Gasteiger partial charge is 0.469 e. The number of amides is 2. The SMILES string of the molecule is COC(=O)CCCCNC(=O)N1CCC(CN2CCCCCC2)CC1.